The van der Waals surface area contributed by atoms with Crippen molar-refractivity contribution < 1.29 is 0 Å². The van der Waals surface area contributed by atoms with Crippen molar-refractivity contribution in [1.82, 2.24) is 9.47 Å². The highest BCUT2D eigenvalue weighted by Crippen LogP contribution is 2.19. The van der Waals surface area contributed by atoms with Crippen LogP contribution < -0.4 is 5.73 Å². The first-order chi connectivity index (χ1) is 8.83. The highest BCUT2D eigenvalue weighted by atomic mass is 15.1. The molecule has 0 unspecified atom stereocenters. The summed E-state index contributed by atoms with van der Waals surface area (Å²) < 4.78 is 2.32. The molecule has 0 spiro atoms. The zero-order valence-corrected chi connectivity index (χ0v) is 10.8. The summed E-state index contributed by atoms with van der Waals surface area (Å²) in [6.07, 6.45) is 6.15. The number of nitrogens with two attached hydrogens (primary N) is 1. The van der Waals surface area contributed by atoms with Crippen LogP contribution in [0.4, 0.5) is 5.69 Å². The third-order valence-electron chi connectivity index (χ3n) is 3.87. The number of nitrogen functional groups attached to an aromatic ring is 1. The summed E-state index contributed by atoms with van der Waals surface area (Å²) in [5.74, 6) is 0. The minimum absolute atomic E-state index is 0.849. The number of likely N-dealkylation sites (tertiary alicyclic amines) is 1. The van der Waals surface area contributed by atoms with E-state index in [0.717, 1.165) is 12.2 Å². The summed E-state index contributed by atoms with van der Waals surface area (Å²) in [6, 6.07) is 8.31. The number of nitrogens with zero attached hydrogens (tertiary/aromatic N) is 2. The van der Waals surface area contributed by atoms with Crippen molar-refractivity contribution in [2.45, 2.75) is 25.8 Å². The van der Waals surface area contributed by atoms with Gasteiger partial charge in [-0.25, -0.2) is 0 Å². The minimum Gasteiger partial charge on any atom is -0.399 e. The lowest BCUT2D eigenvalue weighted by molar-refractivity contribution is 0.326. The predicted molar refractivity (Wildman–Crippen MR) is 76.6 cm³/mol. The van der Waals surface area contributed by atoms with Gasteiger partial charge in [0.2, 0.25) is 0 Å². The Bertz CT molecular complexity index is 524. The smallest absolute Gasteiger partial charge is 0.0500 e. The van der Waals surface area contributed by atoms with Crippen molar-refractivity contribution in [1.29, 1.82) is 0 Å². The van der Waals surface area contributed by atoms with Crippen LogP contribution in [-0.4, -0.2) is 29.1 Å². The third-order valence-corrected chi connectivity index (χ3v) is 3.87. The molecule has 3 heteroatoms. The van der Waals surface area contributed by atoms with Crippen molar-refractivity contribution in [3.63, 3.8) is 0 Å². The summed E-state index contributed by atoms with van der Waals surface area (Å²) in [6.45, 7) is 4.89. The summed E-state index contributed by atoms with van der Waals surface area (Å²) in [7, 11) is 0. The van der Waals surface area contributed by atoms with Crippen LogP contribution in [0.3, 0.4) is 0 Å². The van der Waals surface area contributed by atoms with E-state index in [0.29, 0.717) is 0 Å². The molecule has 2 aromatic rings. The Hall–Kier alpha value is -1.48. The average molecular weight is 243 g/mol. The second kappa shape index (κ2) is 5.02. The van der Waals surface area contributed by atoms with Gasteiger partial charge in [0.05, 0.1) is 5.52 Å². The molecule has 18 heavy (non-hydrogen) atoms. The van der Waals surface area contributed by atoms with E-state index < -0.39 is 0 Å². The van der Waals surface area contributed by atoms with Crippen LogP contribution in [0.25, 0.3) is 10.9 Å². The number of aromatic nitrogens is 1. The molecule has 0 amide bonds. The fraction of sp³-hybridized carbons (Fsp3) is 0.467. The topological polar surface area (TPSA) is 34.2 Å². The van der Waals surface area contributed by atoms with Crippen LogP contribution in [0.1, 0.15) is 19.3 Å². The first-order valence-corrected chi connectivity index (χ1v) is 6.90. The lowest BCUT2D eigenvalue weighted by Crippen LogP contribution is -2.21. The number of anilines is 1. The zero-order valence-electron chi connectivity index (χ0n) is 10.8. The largest absolute Gasteiger partial charge is 0.399 e. The van der Waals surface area contributed by atoms with Crippen molar-refractivity contribution in [2.24, 2.45) is 0 Å². The van der Waals surface area contributed by atoms with E-state index in [1.54, 1.807) is 0 Å². The van der Waals surface area contributed by atoms with Gasteiger partial charge in [0.25, 0.3) is 0 Å². The summed E-state index contributed by atoms with van der Waals surface area (Å²) in [5, 5.41) is 1.28. The molecule has 1 aliphatic rings. The van der Waals surface area contributed by atoms with E-state index >= 15 is 0 Å². The quantitative estimate of drug-likeness (QED) is 0.838. The molecule has 3 rings (SSSR count). The van der Waals surface area contributed by atoms with Crippen molar-refractivity contribution in [2.75, 3.05) is 25.4 Å². The fourth-order valence-corrected chi connectivity index (χ4v) is 2.87. The Morgan fingerprint density at radius 1 is 1.06 bits per heavy atom. The molecule has 0 aliphatic carbocycles. The molecule has 3 nitrogen and oxygen atoms in total. The number of hydrogen-bond acceptors (Lipinski definition) is 2. The summed E-state index contributed by atoms with van der Waals surface area (Å²) >= 11 is 0. The number of aryl methyl sites for hydroxylation is 1. The van der Waals surface area contributed by atoms with Crippen molar-refractivity contribution in [3.05, 3.63) is 30.5 Å². The monoisotopic (exact) mass is 243 g/mol. The van der Waals surface area contributed by atoms with E-state index in [9.17, 15) is 0 Å². The van der Waals surface area contributed by atoms with E-state index in [4.69, 9.17) is 5.73 Å². The maximum atomic E-state index is 5.86. The van der Waals surface area contributed by atoms with E-state index in [1.807, 2.05) is 6.07 Å². The Labute approximate surface area is 108 Å². The van der Waals surface area contributed by atoms with E-state index in [-0.39, 0.29) is 0 Å². The molecule has 1 fully saturated rings. The van der Waals surface area contributed by atoms with Gasteiger partial charge in [-0.1, -0.05) is 6.07 Å². The lowest BCUT2D eigenvalue weighted by Gasteiger charge is -2.14. The molecule has 0 atom stereocenters. The van der Waals surface area contributed by atoms with Gasteiger partial charge in [0.1, 0.15) is 0 Å². The molecule has 0 bridgehead atoms. The Morgan fingerprint density at radius 3 is 2.72 bits per heavy atom. The molecule has 1 saturated heterocycles. The standard InChI is InChI=1S/C15H21N3/c16-14-5-4-13-6-11-18(15(13)12-14)10-3-9-17-7-1-2-8-17/h4-6,11-12H,1-3,7-10,16H2. The van der Waals surface area contributed by atoms with Gasteiger partial charge in [0.15, 0.2) is 0 Å². The molecule has 1 aromatic heterocycles. The highest BCUT2D eigenvalue weighted by Gasteiger charge is 2.10. The molecule has 2 heterocycles. The minimum atomic E-state index is 0.849. The van der Waals surface area contributed by atoms with E-state index in [1.165, 1.54) is 49.8 Å². The Kier molecular flexibility index (Phi) is 3.24. The highest BCUT2D eigenvalue weighted by molar-refractivity contribution is 5.83. The normalized spacial score (nSPS) is 16.7. The Morgan fingerprint density at radius 2 is 1.89 bits per heavy atom. The molecule has 1 aromatic carbocycles. The molecule has 2 N–H and O–H groups in total. The van der Waals surface area contributed by atoms with Gasteiger partial charge >= 0.3 is 0 Å². The van der Waals surface area contributed by atoms with Gasteiger partial charge in [-0.3, -0.25) is 0 Å². The SMILES string of the molecule is Nc1ccc2ccn(CCCN3CCCC3)c2c1. The van der Waals surface area contributed by atoms with Crippen molar-refractivity contribution >= 4 is 16.6 Å². The van der Waals surface area contributed by atoms with Crippen LogP contribution in [-0.2, 0) is 6.54 Å². The molecule has 0 saturated carbocycles. The number of benzene rings is 1. The summed E-state index contributed by atoms with van der Waals surface area (Å²) in [4.78, 5) is 2.57. The lowest BCUT2D eigenvalue weighted by atomic mass is 10.2. The molecule has 96 valence electrons. The van der Waals surface area contributed by atoms with Gasteiger partial charge < -0.3 is 15.2 Å². The van der Waals surface area contributed by atoms with E-state index in [2.05, 4.69) is 33.9 Å². The average Bonchev–Trinajstić information content (AvgIpc) is 2.99. The second-order valence-corrected chi connectivity index (χ2v) is 5.23. The zero-order chi connectivity index (χ0) is 12.4. The van der Waals surface area contributed by atoms with Gasteiger partial charge in [0, 0.05) is 18.4 Å². The first kappa shape index (κ1) is 11.6. The Balaban J connectivity index is 1.65. The number of hydrogen-bond donors (Lipinski definition) is 1. The molecule has 0 radical (unpaired) electrons. The van der Waals surface area contributed by atoms with Gasteiger partial charge in [-0.2, -0.15) is 0 Å². The van der Waals surface area contributed by atoms with Gasteiger partial charge in [-0.15, -0.1) is 0 Å². The van der Waals surface area contributed by atoms with Crippen LogP contribution in [0, 0.1) is 0 Å². The van der Waals surface area contributed by atoms with Crippen LogP contribution >= 0.6 is 0 Å². The number of rotatable bonds is 4. The first-order valence-electron chi connectivity index (χ1n) is 6.90. The molecule has 1 aliphatic heterocycles. The second-order valence-electron chi connectivity index (χ2n) is 5.23. The number of fused-ring (bicyclic) bond motifs is 1. The predicted octanol–water partition coefficient (Wildman–Crippen LogP) is 2.71. The fourth-order valence-electron chi connectivity index (χ4n) is 2.87. The molecular formula is C15H21N3. The maximum Gasteiger partial charge on any atom is 0.0500 e. The molecular weight excluding hydrogens is 222 g/mol. The van der Waals surface area contributed by atoms with Crippen LogP contribution in [0.2, 0.25) is 0 Å². The summed E-state index contributed by atoms with van der Waals surface area (Å²) in [5.41, 5.74) is 7.97. The third kappa shape index (κ3) is 2.36. The van der Waals surface area contributed by atoms with Crippen molar-refractivity contribution in [3.8, 4) is 0 Å². The maximum absolute atomic E-state index is 5.86. The van der Waals surface area contributed by atoms with Crippen LogP contribution in [0.15, 0.2) is 30.5 Å². The van der Waals surface area contributed by atoms with Crippen LogP contribution in [0.5, 0.6) is 0 Å². The van der Waals surface area contributed by atoms with Gasteiger partial charge in [-0.05, 0) is 62.5 Å².